The van der Waals surface area contributed by atoms with E-state index >= 15 is 0 Å². The molecule has 0 aromatic rings. The predicted octanol–water partition coefficient (Wildman–Crippen LogP) is 4.16. The van der Waals surface area contributed by atoms with Gasteiger partial charge in [-0.2, -0.15) is 0 Å². The fourth-order valence-electron chi connectivity index (χ4n) is 4.15. The molecule has 4 unspecified atom stereocenters. The summed E-state index contributed by atoms with van der Waals surface area (Å²) in [5.41, 5.74) is 0. The Kier molecular flexibility index (Phi) is 16.2. The SMILES string of the molecule is CC.CC.CCN1CCC(N(C)C)C(F)C1.CCN1CCC(N2CCC2)C(F)C1. The number of halogens is 2. The average molecular weight is 421 g/mol. The summed E-state index contributed by atoms with van der Waals surface area (Å²) >= 11 is 0. The number of alkyl halides is 2. The summed E-state index contributed by atoms with van der Waals surface area (Å²) in [7, 11) is 3.91. The van der Waals surface area contributed by atoms with Gasteiger partial charge in [0.1, 0.15) is 12.3 Å². The molecule has 4 atom stereocenters. The quantitative estimate of drug-likeness (QED) is 0.677. The Bertz CT molecular complexity index is 380. The van der Waals surface area contributed by atoms with Gasteiger partial charge in [-0.15, -0.1) is 0 Å². The Morgan fingerprint density at radius 2 is 1.24 bits per heavy atom. The number of nitrogens with zero attached hydrogens (tertiary/aromatic N) is 4. The van der Waals surface area contributed by atoms with Crippen LogP contribution in [-0.4, -0.2) is 110 Å². The minimum absolute atomic E-state index is 0.132. The largest absolute Gasteiger partial charge is 0.303 e. The highest BCUT2D eigenvalue weighted by atomic mass is 19.1. The highest BCUT2D eigenvalue weighted by molar-refractivity contribution is 4.90. The van der Waals surface area contributed by atoms with Crippen molar-refractivity contribution in [3.63, 3.8) is 0 Å². The Morgan fingerprint density at radius 3 is 1.59 bits per heavy atom. The van der Waals surface area contributed by atoms with Crippen molar-refractivity contribution >= 4 is 0 Å². The van der Waals surface area contributed by atoms with Gasteiger partial charge in [0.2, 0.25) is 0 Å². The van der Waals surface area contributed by atoms with Gasteiger partial charge in [-0.3, -0.25) is 4.90 Å². The van der Waals surface area contributed by atoms with Crippen LogP contribution in [-0.2, 0) is 0 Å². The lowest BCUT2D eigenvalue weighted by molar-refractivity contribution is 0.00566. The molecule has 0 bridgehead atoms. The molecule has 0 aromatic carbocycles. The van der Waals surface area contributed by atoms with Crippen LogP contribution < -0.4 is 0 Å². The van der Waals surface area contributed by atoms with E-state index in [1.54, 1.807) is 0 Å². The van der Waals surface area contributed by atoms with Crippen molar-refractivity contribution in [2.45, 2.75) is 85.2 Å². The van der Waals surface area contributed by atoms with Crippen LogP contribution in [0.5, 0.6) is 0 Å². The van der Waals surface area contributed by atoms with Crippen molar-refractivity contribution in [2.75, 3.05) is 66.5 Å². The monoisotopic (exact) mass is 420 g/mol. The normalized spacial score (nSPS) is 30.7. The summed E-state index contributed by atoms with van der Waals surface area (Å²) in [6.07, 6.45) is 1.96. The van der Waals surface area contributed by atoms with Gasteiger partial charge in [0.05, 0.1) is 0 Å². The molecule has 3 aliphatic heterocycles. The number of hydrogen-bond donors (Lipinski definition) is 0. The lowest BCUT2D eigenvalue weighted by Gasteiger charge is -2.44. The third-order valence-electron chi connectivity index (χ3n) is 6.10. The Balaban J connectivity index is 0.000000463. The van der Waals surface area contributed by atoms with Crippen molar-refractivity contribution in [2.24, 2.45) is 0 Å². The van der Waals surface area contributed by atoms with E-state index < -0.39 is 12.3 Å². The molecule has 0 aromatic heterocycles. The second kappa shape index (κ2) is 16.4. The van der Waals surface area contributed by atoms with Gasteiger partial charge in [-0.25, -0.2) is 8.78 Å². The molecule has 29 heavy (non-hydrogen) atoms. The molecule has 176 valence electrons. The minimum Gasteiger partial charge on any atom is -0.303 e. The second-order valence-electron chi connectivity index (χ2n) is 7.88. The Morgan fingerprint density at radius 1 is 0.759 bits per heavy atom. The zero-order chi connectivity index (χ0) is 22.4. The zero-order valence-electron chi connectivity index (χ0n) is 20.6. The van der Waals surface area contributed by atoms with Gasteiger partial charge >= 0.3 is 0 Å². The summed E-state index contributed by atoms with van der Waals surface area (Å²) < 4.78 is 27.1. The first kappa shape index (κ1) is 28.7. The molecule has 0 saturated carbocycles. The number of piperidine rings is 2. The van der Waals surface area contributed by atoms with E-state index in [1.807, 2.05) is 46.7 Å². The number of rotatable bonds is 4. The van der Waals surface area contributed by atoms with Crippen molar-refractivity contribution in [3.05, 3.63) is 0 Å². The van der Waals surface area contributed by atoms with Gasteiger partial charge in [-0.1, -0.05) is 41.5 Å². The average Bonchev–Trinajstić information content (AvgIpc) is 2.71. The first-order valence-electron chi connectivity index (χ1n) is 12.1. The lowest BCUT2D eigenvalue weighted by Crippen LogP contribution is -2.56. The van der Waals surface area contributed by atoms with Gasteiger partial charge in [0, 0.05) is 25.2 Å². The summed E-state index contributed by atoms with van der Waals surface area (Å²) in [6.45, 7) is 19.8. The fourth-order valence-corrected chi connectivity index (χ4v) is 4.15. The molecule has 3 fully saturated rings. The van der Waals surface area contributed by atoms with E-state index in [-0.39, 0.29) is 12.1 Å². The smallest absolute Gasteiger partial charge is 0.128 e. The zero-order valence-corrected chi connectivity index (χ0v) is 20.6. The van der Waals surface area contributed by atoms with Crippen LogP contribution in [0, 0.1) is 0 Å². The number of hydrogen-bond acceptors (Lipinski definition) is 4. The summed E-state index contributed by atoms with van der Waals surface area (Å²) in [5.74, 6) is 0. The van der Waals surface area contributed by atoms with Gasteiger partial charge < -0.3 is 14.7 Å². The van der Waals surface area contributed by atoms with Crippen LogP contribution >= 0.6 is 0 Å². The van der Waals surface area contributed by atoms with Crippen LogP contribution in [0.4, 0.5) is 8.78 Å². The third-order valence-corrected chi connectivity index (χ3v) is 6.10. The third kappa shape index (κ3) is 9.58. The number of likely N-dealkylation sites (tertiary alicyclic amines) is 3. The molecular weight excluding hydrogens is 370 g/mol. The molecule has 3 saturated heterocycles. The molecule has 3 rings (SSSR count). The lowest BCUT2D eigenvalue weighted by atomic mass is 9.98. The van der Waals surface area contributed by atoms with Crippen LogP contribution in [0.25, 0.3) is 0 Å². The molecule has 0 radical (unpaired) electrons. The first-order chi connectivity index (χ1) is 14.0. The van der Waals surface area contributed by atoms with E-state index in [9.17, 15) is 8.78 Å². The summed E-state index contributed by atoms with van der Waals surface area (Å²) in [4.78, 5) is 8.68. The standard InChI is InChI=1S/C10H19FN2.C9H19FN2.2C2H6/c1-2-12-7-4-10(9(11)8-12)13-5-3-6-13;1-4-12-6-5-9(11(2)3)8(10)7-12;2*1-2/h9-10H,2-8H2,1H3;8-9H,4-7H2,1-3H3;2*1-2H3. The van der Waals surface area contributed by atoms with Crippen LogP contribution in [0.3, 0.4) is 0 Å². The topological polar surface area (TPSA) is 13.0 Å². The van der Waals surface area contributed by atoms with Crippen molar-refractivity contribution in [1.82, 2.24) is 19.6 Å². The van der Waals surface area contributed by atoms with E-state index in [2.05, 4.69) is 28.5 Å². The Hall–Kier alpha value is -0.300. The fraction of sp³-hybridized carbons (Fsp3) is 1.00. The maximum absolute atomic E-state index is 13.7. The minimum atomic E-state index is -0.673. The molecular formula is C23H50F2N4. The van der Waals surface area contributed by atoms with E-state index in [0.717, 1.165) is 52.1 Å². The molecule has 0 spiro atoms. The van der Waals surface area contributed by atoms with E-state index in [4.69, 9.17) is 0 Å². The molecule has 6 heteroatoms. The highest BCUT2D eigenvalue weighted by Gasteiger charge is 2.35. The molecule has 4 nitrogen and oxygen atoms in total. The van der Waals surface area contributed by atoms with Crippen LogP contribution in [0.15, 0.2) is 0 Å². The molecule has 0 amide bonds. The first-order valence-corrected chi connectivity index (χ1v) is 12.1. The van der Waals surface area contributed by atoms with Gasteiger partial charge in [0.25, 0.3) is 0 Å². The summed E-state index contributed by atoms with van der Waals surface area (Å²) in [5, 5.41) is 0. The predicted molar refractivity (Wildman–Crippen MR) is 123 cm³/mol. The Labute approximate surface area is 180 Å². The molecule has 3 heterocycles. The van der Waals surface area contributed by atoms with Gasteiger partial charge in [0.15, 0.2) is 0 Å². The van der Waals surface area contributed by atoms with Crippen LogP contribution in [0.1, 0.15) is 60.8 Å². The molecule has 0 N–H and O–H groups in total. The van der Waals surface area contributed by atoms with Crippen molar-refractivity contribution < 1.29 is 8.78 Å². The second-order valence-corrected chi connectivity index (χ2v) is 7.88. The van der Waals surface area contributed by atoms with Crippen LogP contribution in [0.2, 0.25) is 0 Å². The summed E-state index contributed by atoms with van der Waals surface area (Å²) in [6, 6.07) is 0.365. The highest BCUT2D eigenvalue weighted by Crippen LogP contribution is 2.23. The van der Waals surface area contributed by atoms with Crippen molar-refractivity contribution in [1.29, 1.82) is 0 Å². The van der Waals surface area contributed by atoms with E-state index in [0.29, 0.717) is 13.1 Å². The van der Waals surface area contributed by atoms with Crippen molar-refractivity contribution in [3.8, 4) is 0 Å². The van der Waals surface area contributed by atoms with Gasteiger partial charge in [-0.05, 0) is 72.6 Å². The molecule has 0 aliphatic carbocycles. The van der Waals surface area contributed by atoms with E-state index in [1.165, 1.54) is 6.42 Å². The molecule has 3 aliphatic rings. The maximum Gasteiger partial charge on any atom is 0.128 e. The maximum atomic E-state index is 13.7.